The molecule has 0 bridgehead atoms. The SMILES string of the molecule is Oc1ccccc1CC1CC=CC1. The van der Waals surface area contributed by atoms with Crippen LogP contribution in [-0.4, -0.2) is 5.11 Å². The minimum Gasteiger partial charge on any atom is -0.508 e. The molecule has 0 fully saturated rings. The van der Waals surface area contributed by atoms with Crippen molar-refractivity contribution < 1.29 is 5.11 Å². The summed E-state index contributed by atoms with van der Waals surface area (Å²) in [6.07, 6.45) is 7.78. The number of benzene rings is 1. The Kier molecular flexibility index (Phi) is 2.35. The van der Waals surface area contributed by atoms with Crippen molar-refractivity contribution >= 4 is 0 Å². The van der Waals surface area contributed by atoms with Gasteiger partial charge in [0.15, 0.2) is 0 Å². The van der Waals surface area contributed by atoms with Gasteiger partial charge in [0.1, 0.15) is 5.75 Å². The molecule has 0 saturated heterocycles. The van der Waals surface area contributed by atoms with Gasteiger partial charge in [-0.1, -0.05) is 30.4 Å². The van der Waals surface area contributed by atoms with Crippen molar-refractivity contribution in [2.45, 2.75) is 19.3 Å². The molecule has 0 aromatic heterocycles. The van der Waals surface area contributed by atoms with Crippen molar-refractivity contribution in [2.24, 2.45) is 5.92 Å². The van der Waals surface area contributed by atoms with Crippen LogP contribution in [0, 0.1) is 5.92 Å². The number of hydrogen-bond acceptors (Lipinski definition) is 1. The molecule has 68 valence electrons. The third-order valence-corrected chi connectivity index (χ3v) is 2.61. The van der Waals surface area contributed by atoms with Crippen LogP contribution in [0.5, 0.6) is 5.75 Å². The number of rotatable bonds is 2. The topological polar surface area (TPSA) is 20.2 Å². The Bertz CT molecular complexity index is 307. The third-order valence-electron chi connectivity index (χ3n) is 2.61. The minimum absolute atomic E-state index is 0.439. The molecule has 2 rings (SSSR count). The smallest absolute Gasteiger partial charge is 0.118 e. The maximum atomic E-state index is 9.55. The van der Waals surface area contributed by atoms with Crippen LogP contribution >= 0.6 is 0 Å². The monoisotopic (exact) mass is 174 g/mol. The first-order valence-electron chi connectivity index (χ1n) is 4.78. The Morgan fingerprint density at radius 3 is 2.54 bits per heavy atom. The highest BCUT2D eigenvalue weighted by Gasteiger charge is 2.12. The van der Waals surface area contributed by atoms with Crippen molar-refractivity contribution in [3.05, 3.63) is 42.0 Å². The Hall–Kier alpha value is -1.24. The molecule has 0 spiro atoms. The molecule has 1 aliphatic rings. The molecule has 0 unspecified atom stereocenters. The van der Waals surface area contributed by atoms with Gasteiger partial charge in [-0.25, -0.2) is 0 Å². The van der Waals surface area contributed by atoms with Crippen molar-refractivity contribution in [1.29, 1.82) is 0 Å². The van der Waals surface area contributed by atoms with Gasteiger partial charge in [-0.2, -0.15) is 0 Å². The Labute approximate surface area is 78.7 Å². The number of phenolic OH excluding ortho intramolecular Hbond substituents is 1. The quantitative estimate of drug-likeness (QED) is 0.683. The molecule has 0 atom stereocenters. The average molecular weight is 174 g/mol. The summed E-state index contributed by atoms with van der Waals surface area (Å²) < 4.78 is 0. The maximum Gasteiger partial charge on any atom is 0.118 e. The summed E-state index contributed by atoms with van der Waals surface area (Å²) in [5, 5.41) is 9.55. The molecule has 1 heteroatoms. The van der Waals surface area contributed by atoms with Crippen molar-refractivity contribution in [1.82, 2.24) is 0 Å². The molecule has 1 N–H and O–H groups in total. The molecular weight excluding hydrogens is 160 g/mol. The standard InChI is InChI=1S/C12H14O/c13-12-8-4-3-7-11(12)9-10-5-1-2-6-10/h1-4,7-8,10,13H,5-6,9H2. The van der Waals surface area contributed by atoms with Crippen LogP contribution in [0.4, 0.5) is 0 Å². The lowest BCUT2D eigenvalue weighted by Crippen LogP contribution is -1.99. The number of para-hydroxylation sites is 1. The molecule has 0 aliphatic heterocycles. The lowest BCUT2D eigenvalue weighted by molar-refractivity contribution is 0.458. The van der Waals surface area contributed by atoms with Gasteiger partial charge >= 0.3 is 0 Å². The lowest BCUT2D eigenvalue weighted by atomic mass is 9.97. The fourth-order valence-electron chi connectivity index (χ4n) is 1.83. The highest BCUT2D eigenvalue weighted by Crippen LogP contribution is 2.26. The summed E-state index contributed by atoms with van der Waals surface area (Å²) in [5.41, 5.74) is 1.08. The first-order chi connectivity index (χ1) is 6.36. The first kappa shape index (κ1) is 8.36. The van der Waals surface area contributed by atoms with Gasteiger partial charge in [-0.3, -0.25) is 0 Å². The molecule has 1 aliphatic carbocycles. The van der Waals surface area contributed by atoms with E-state index in [1.54, 1.807) is 6.07 Å². The molecule has 0 amide bonds. The van der Waals surface area contributed by atoms with Crippen LogP contribution in [0.25, 0.3) is 0 Å². The summed E-state index contributed by atoms with van der Waals surface area (Å²) >= 11 is 0. The second-order valence-electron chi connectivity index (χ2n) is 3.64. The molecular formula is C12H14O. The Balaban J connectivity index is 2.05. The van der Waals surface area contributed by atoms with Gasteiger partial charge in [-0.15, -0.1) is 0 Å². The zero-order valence-electron chi connectivity index (χ0n) is 7.61. The van der Waals surface area contributed by atoms with Crippen molar-refractivity contribution in [3.63, 3.8) is 0 Å². The van der Waals surface area contributed by atoms with E-state index in [0.717, 1.165) is 24.8 Å². The normalized spacial score (nSPS) is 16.6. The van der Waals surface area contributed by atoms with Gasteiger partial charge in [0.2, 0.25) is 0 Å². The van der Waals surface area contributed by atoms with Crippen LogP contribution in [0.15, 0.2) is 36.4 Å². The highest BCUT2D eigenvalue weighted by atomic mass is 16.3. The molecule has 0 radical (unpaired) electrons. The van der Waals surface area contributed by atoms with E-state index in [4.69, 9.17) is 0 Å². The van der Waals surface area contributed by atoms with Gasteiger partial charge in [0.25, 0.3) is 0 Å². The first-order valence-corrected chi connectivity index (χ1v) is 4.78. The maximum absolute atomic E-state index is 9.55. The predicted octanol–water partition coefficient (Wildman–Crippen LogP) is 2.90. The second kappa shape index (κ2) is 3.65. The van der Waals surface area contributed by atoms with Crippen molar-refractivity contribution in [3.8, 4) is 5.75 Å². The molecule has 13 heavy (non-hydrogen) atoms. The van der Waals surface area contributed by atoms with E-state index in [-0.39, 0.29) is 0 Å². The largest absolute Gasteiger partial charge is 0.508 e. The number of aromatic hydroxyl groups is 1. The van der Waals surface area contributed by atoms with Crippen LogP contribution in [0.1, 0.15) is 18.4 Å². The second-order valence-corrected chi connectivity index (χ2v) is 3.64. The summed E-state index contributed by atoms with van der Waals surface area (Å²) in [4.78, 5) is 0. The van der Waals surface area contributed by atoms with E-state index < -0.39 is 0 Å². The molecule has 0 saturated carbocycles. The fraction of sp³-hybridized carbons (Fsp3) is 0.333. The Morgan fingerprint density at radius 1 is 1.15 bits per heavy atom. The van der Waals surface area contributed by atoms with E-state index in [9.17, 15) is 5.11 Å². The summed E-state index contributed by atoms with van der Waals surface area (Å²) in [7, 11) is 0. The minimum atomic E-state index is 0.439. The molecule has 0 heterocycles. The van der Waals surface area contributed by atoms with E-state index in [2.05, 4.69) is 12.2 Å². The Morgan fingerprint density at radius 2 is 1.85 bits per heavy atom. The van der Waals surface area contributed by atoms with Crippen LogP contribution < -0.4 is 0 Å². The third kappa shape index (κ3) is 1.92. The average Bonchev–Trinajstić information content (AvgIpc) is 2.61. The molecule has 1 aromatic rings. The van der Waals surface area contributed by atoms with Crippen LogP contribution in [0.2, 0.25) is 0 Å². The number of hydrogen-bond donors (Lipinski definition) is 1. The predicted molar refractivity (Wildman–Crippen MR) is 53.7 cm³/mol. The van der Waals surface area contributed by atoms with E-state index in [1.165, 1.54) is 0 Å². The summed E-state index contributed by atoms with van der Waals surface area (Å²) in [6, 6.07) is 7.62. The van der Waals surface area contributed by atoms with E-state index in [0.29, 0.717) is 11.7 Å². The molecule has 1 aromatic carbocycles. The zero-order chi connectivity index (χ0) is 9.10. The molecule has 1 nitrogen and oxygen atoms in total. The van der Waals surface area contributed by atoms with Gasteiger partial charge < -0.3 is 5.11 Å². The van der Waals surface area contributed by atoms with Crippen LogP contribution in [-0.2, 0) is 6.42 Å². The van der Waals surface area contributed by atoms with E-state index >= 15 is 0 Å². The van der Waals surface area contributed by atoms with Gasteiger partial charge in [0.05, 0.1) is 0 Å². The lowest BCUT2D eigenvalue weighted by Gasteiger charge is -2.09. The number of phenols is 1. The van der Waals surface area contributed by atoms with E-state index in [1.807, 2.05) is 18.2 Å². The van der Waals surface area contributed by atoms with Crippen LogP contribution in [0.3, 0.4) is 0 Å². The van der Waals surface area contributed by atoms with Crippen molar-refractivity contribution in [2.75, 3.05) is 0 Å². The summed E-state index contributed by atoms with van der Waals surface area (Å²) in [6.45, 7) is 0. The zero-order valence-corrected chi connectivity index (χ0v) is 7.61. The highest BCUT2D eigenvalue weighted by molar-refractivity contribution is 5.32. The number of allylic oxidation sites excluding steroid dienone is 2. The van der Waals surface area contributed by atoms with Gasteiger partial charge in [0, 0.05) is 0 Å². The fourth-order valence-corrected chi connectivity index (χ4v) is 1.83. The van der Waals surface area contributed by atoms with Gasteiger partial charge in [-0.05, 0) is 36.8 Å². The summed E-state index contributed by atoms with van der Waals surface area (Å²) in [5.74, 6) is 1.14.